The lowest BCUT2D eigenvalue weighted by atomic mass is 10.7. The molecular weight excluding hydrogens is 85.0 g/mol. The molecule has 0 bridgehead atoms. The summed E-state index contributed by atoms with van der Waals surface area (Å²) in [6.45, 7) is 0.927. The summed E-state index contributed by atoms with van der Waals surface area (Å²) in [5.74, 6) is 0. The average molecular weight is 95.1 g/mol. The predicted octanol–water partition coefficient (Wildman–Crippen LogP) is -0.649. The molecule has 0 heterocycles. The van der Waals surface area contributed by atoms with Crippen LogP contribution in [0, 0.1) is 0 Å². The first-order chi connectivity index (χ1) is 2.41. The van der Waals surface area contributed by atoms with Crippen molar-refractivity contribution in [2.75, 3.05) is 20.2 Å². The van der Waals surface area contributed by atoms with Crippen molar-refractivity contribution in [3.8, 4) is 0 Å². The van der Waals surface area contributed by atoms with Crippen LogP contribution in [0.25, 0.3) is 0 Å². The number of halogens is 1. The third kappa shape index (κ3) is 9.14. The van der Waals surface area contributed by atoms with Crippen LogP contribution in [0.5, 0.6) is 0 Å². The Morgan fingerprint density at radius 3 is 2.17 bits per heavy atom. The van der Waals surface area contributed by atoms with Gasteiger partial charge in [0.25, 0.3) is 0 Å². The SMILES string of the molecule is CNCCO.F. The van der Waals surface area contributed by atoms with Crippen LogP contribution in [-0.4, -0.2) is 25.3 Å². The topological polar surface area (TPSA) is 32.3 Å². The van der Waals surface area contributed by atoms with Gasteiger partial charge in [-0.1, -0.05) is 0 Å². The van der Waals surface area contributed by atoms with Crippen LogP contribution < -0.4 is 5.32 Å². The predicted molar refractivity (Wildman–Crippen MR) is 23.5 cm³/mol. The van der Waals surface area contributed by atoms with Gasteiger partial charge in [0.05, 0.1) is 6.61 Å². The highest BCUT2D eigenvalue weighted by atomic mass is 19.0. The van der Waals surface area contributed by atoms with Crippen molar-refractivity contribution in [3.05, 3.63) is 0 Å². The maximum atomic E-state index is 8.00. The second-order valence-electron chi connectivity index (χ2n) is 0.827. The van der Waals surface area contributed by atoms with Gasteiger partial charge in [-0.25, -0.2) is 0 Å². The minimum atomic E-state index is 0. The first kappa shape index (κ1) is 9.28. The third-order valence-electron chi connectivity index (χ3n) is 0.362. The molecule has 0 aliphatic heterocycles. The van der Waals surface area contributed by atoms with E-state index in [0.717, 1.165) is 0 Å². The summed E-state index contributed by atoms with van der Waals surface area (Å²) in [6, 6.07) is 0. The number of rotatable bonds is 2. The summed E-state index contributed by atoms with van der Waals surface area (Å²) < 4.78 is 0. The smallest absolute Gasteiger partial charge is 0.0555 e. The lowest BCUT2D eigenvalue weighted by molar-refractivity contribution is 0.296. The Kier molecular flexibility index (Phi) is 13.7. The van der Waals surface area contributed by atoms with E-state index >= 15 is 0 Å². The Morgan fingerprint density at radius 1 is 1.67 bits per heavy atom. The van der Waals surface area contributed by atoms with E-state index in [0.29, 0.717) is 6.54 Å². The Hall–Kier alpha value is -0.150. The van der Waals surface area contributed by atoms with Crippen molar-refractivity contribution in [2.45, 2.75) is 0 Å². The average Bonchev–Trinajstić information content (AvgIpc) is 1.41. The zero-order chi connectivity index (χ0) is 4.12. The fourth-order valence-corrected chi connectivity index (χ4v) is 0.112. The summed E-state index contributed by atoms with van der Waals surface area (Å²) in [5.41, 5.74) is 0. The van der Waals surface area contributed by atoms with E-state index in [9.17, 15) is 0 Å². The standard InChI is InChI=1S/C3H9NO.FH/c1-4-2-3-5;/h4-5H,2-3H2,1H3;1H. The molecule has 2 nitrogen and oxygen atoms in total. The zero-order valence-corrected chi connectivity index (χ0v) is 3.77. The van der Waals surface area contributed by atoms with Crippen molar-refractivity contribution < 1.29 is 9.81 Å². The van der Waals surface area contributed by atoms with Crippen molar-refractivity contribution in [3.63, 3.8) is 0 Å². The molecule has 0 aromatic rings. The first-order valence-corrected chi connectivity index (χ1v) is 1.67. The highest BCUT2D eigenvalue weighted by Gasteiger charge is 1.65. The summed E-state index contributed by atoms with van der Waals surface area (Å²) in [7, 11) is 1.80. The van der Waals surface area contributed by atoms with Gasteiger partial charge in [0.1, 0.15) is 0 Å². The molecule has 0 saturated heterocycles. The van der Waals surface area contributed by atoms with Crippen LogP contribution in [0.15, 0.2) is 0 Å². The summed E-state index contributed by atoms with van der Waals surface area (Å²) in [4.78, 5) is 0. The molecule has 0 fully saturated rings. The second kappa shape index (κ2) is 8.85. The maximum absolute atomic E-state index is 8.00. The van der Waals surface area contributed by atoms with E-state index in [-0.39, 0.29) is 11.3 Å². The number of hydrogen-bond donors (Lipinski definition) is 2. The normalized spacial score (nSPS) is 7.00. The Morgan fingerprint density at radius 2 is 2.17 bits per heavy atom. The third-order valence-corrected chi connectivity index (χ3v) is 0.362. The molecule has 0 aromatic carbocycles. The molecule has 40 valence electrons. The van der Waals surface area contributed by atoms with Crippen LogP contribution >= 0.6 is 0 Å². The van der Waals surface area contributed by atoms with Crippen LogP contribution in [0.4, 0.5) is 4.70 Å². The molecule has 0 amide bonds. The van der Waals surface area contributed by atoms with Crippen molar-refractivity contribution >= 4 is 0 Å². The summed E-state index contributed by atoms with van der Waals surface area (Å²) in [6.07, 6.45) is 0. The quantitative estimate of drug-likeness (QED) is 0.477. The maximum Gasteiger partial charge on any atom is 0.0555 e. The molecule has 3 heteroatoms. The molecule has 0 aliphatic rings. The van der Waals surface area contributed by atoms with Gasteiger partial charge in [0.15, 0.2) is 0 Å². The summed E-state index contributed by atoms with van der Waals surface area (Å²) >= 11 is 0. The van der Waals surface area contributed by atoms with Gasteiger partial charge in [-0.2, -0.15) is 0 Å². The van der Waals surface area contributed by atoms with Crippen molar-refractivity contribution in [2.24, 2.45) is 0 Å². The molecule has 0 aromatic heterocycles. The van der Waals surface area contributed by atoms with Crippen LogP contribution in [-0.2, 0) is 0 Å². The summed E-state index contributed by atoms with van der Waals surface area (Å²) in [5, 5.41) is 10.8. The van der Waals surface area contributed by atoms with Gasteiger partial charge in [0, 0.05) is 6.54 Å². The van der Waals surface area contributed by atoms with Gasteiger partial charge < -0.3 is 10.4 Å². The molecule has 0 rings (SSSR count). The molecule has 2 N–H and O–H groups in total. The molecule has 0 saturated carbocycles. The van der Waals surface area contributed by atoms with Crippen LogP contribution in [0.3, 0.4) is 0 Å². The molecular formula is C3H10FNO. The van der Waals surface area contributed by atoms with Gasteiger partial charge in [-0.05, 0) is 7.05 Å². The molecule has 0 aliphatic carbocycles. The molecule has 0 atom stereocenters. The Labute approximate surface area is 36.5 Å². The van der Waals surface area contributed by atoms with Gasteiger partial charge in [-0.3, -0.25) is 4.70 Å². The molecule has 0 radical (unpaired) electrons. The van der Waals surface area contributed by atoms with Crippen LogP contribution in [0.1, 0.15) is 0 Å². The van der Waals surface area contributed by atoms with E-state index in [2.05, 4.69) is 5.32 Å². The zero-order valence-electron chi connectivity index (χ0n) is 3.77. The minimum absolute atomic E-state index is 0. The molecule has 6 heavy (non-hydrogen) atoms. The van der Waals surface area contributed by atoms with E-state index in [1.165, 1.54) is 0 Å². The van der Waals surface area contributed by atoms with Gasteiger partial charge in [0.2, 0.25) is 0 Å². The van der Waals surface area contributed by atoms with Crippen molar-refractivity contribution in [1.29, 1.82) is 0 Å². The van der Waals surface area contributed by atoms with E-state index in [1.807, 2.05) is 0 Å². The number of nitrogens with one attached hydrogen (secondary N) is 1. The van der Waals surface area contributed by atoms with Gasteiger partial charge in [-0.15, -0.1) is 0 Å². The largest absolute Gasteiger partial charge is 0.395 e. The first-order valence-electron chi connectivity index (χ1n) is 1.67. The Balaban J connectivity index is 0. The molecule has 0 unspecified atom stereocenters. The highest BCUT2D eigenvalue weighted by Crippen LogP contribution is 1.42. The van der Waals surface area contributed by atoms with Gasteiger partial charge >= 0.3 is 0 Å². The van der Waals surface area contributed by atoms with Crippen LogP contribution in [0.2, 0.25) is 0 Å². The van der Waals surface area contributed by atoms with E-state index in [1.54, 1.807) is 7.05 Å². The molecule has 0 spiro atoms. The Bertz CT molecular complexity index is 18.3. The number of likely N-dealkylation sites (N-methyl/N-ethyl adjacent to an activating group) is 1. The van der Waals surface area contributed by atoms with E-state index in [4.69, 9.17) is 5.11 Å². The second-order valence-corrected chi connectivity index (χ2v) is 0.827. The minimum Gasteiger partial charge on any atom is -0.395 e. The highest BCUT2D eigenvalue weighted by molar-refractivity contribution is 4.27. The van der Waals surface area contributed by atoms with Crippen molar-refractivity contribution in [1.82, 2.24) is 5.32 Å². The fraction of sp³-hybridized carbons (Fsp3) is 1.00. The number of aliphatic hydroxyl groups excluding tert-OH is 1. The fourth-order valence-electron chi connectivity index (χ4n) is 0.112. The monoisotopic (exact) mass is 95.1 g/mol. The number of hydrogen-bond acceptors (Lipinski definition) is 2. The lowest BCUT2D eigenvalue weighted by Crippen LogP contribution is -2.10. The lowest BCUT2D eigenvalue weighted by Gasteiger charge is -1.84. The van der Waals surface area contributed by atoms with E-state index < -0.39 is 0 Å². The number of aliphatic hydroxyl groups is 1.